The van der Waals surface area contributed by atoms with E-state index >= 15 is 0 Å². The third-order valence-corrected chi connectivity index (χ3v) is 10.0. The van der Waals surface area contributed by atoms with Crippen molar-refractivity contribution in [2.24, 2.45) is 0 Å². The van der Waals surface area contributed by atoms with Crippen molar-refractivity contribution in [2.75, 3.05) is 0 Å². The molecule has 0 aliphatic carbocycles. The second-order valence-electron chi connectivity index (χ2n) is 11.4. The molecule has 4 heterocycles. The average molecular weight is 594 g/mol. The molecular weight excluding hydrogens is 571 g/mol. The molecule has 4 aromatic heterocycles. The Balaban J connectivity index is 1.35. The van der Waals surface area contributed by atoms with Crippen LogP contribution in [-0.2, 0) is 0 Å². The number of furan rings is 1. The molecule has 210 valence electrons. The lowest BCUT2D eigenvalue weighted by atomic mass is 10.1. The fraction of sp³-hybridized carbons (Fsp3) is 0. The lowest BCUT2D eigenvalue weighted by Crippen LogP contribution is -2.02. The first-order chi connectivity index (χ1) is 22.3. The van der Waals surface area contributed by atoms with Crippen LogP contribution in [0.25, 0.3) is 92.4 Å². The van der Waals surface area contributed by atoms with E-state index in [1.807, 2.05) is 41.7 Å². The third kappa shape index (κ3) is 3.59. The Kier molecular flexibility index (Phi) is 5.12. The summed E-state index contributed by atoms with van der Waals surface area (Å²) in [5.41, 5.74) is 6.83. The van der Waals surface area contributed by atoms with Gasteiger partial charge in [0.25, 0.3) is 0 Å². The van der Waals surface area contributed by atoms with Crippen molar-refractivity contribution < 1.29 is 4.42 Å². The lowest BCUT2D eigenvalue weighted by Gasteiger charge is -2.13. The molecule has 0 saturated heterocycles. The van der Waals surface area contributed by atoms with Crippen LogP contribution >= 0.6 is 11.3 Å². The van der Waals surface area contributed by atoms with E-state index in [9.17, 15) is 0 Å². The van der Waals surface area contributed by atoms with Crippen LogP contribution in [0.3, 0.4) is 0 Å². The van der Waals surface area contributed by atoms with E-state index in [2.05, 4.69) is 114 Å². The Morgan fingerprint density at radius 3 is 2.20 bits per heavy atom. The topological polar surface area (TPSA) is 43.9 Å². The molecule has 0 aliphatic rings. The predicted molar refractivity (Wildman–Crippen MR) is 187 cm³/mol. The van der Waals surface area contributed by atoms with Crippen LogP contribution in [0.2, 0.25) is 0 Å². The Morgan fingerprint density at radius 1 is 0.556 bits per heavy atom. The van der Waals surface area contributed by atoms with Crippen molar-refractivity contribution in [3.05, 3.63) is 140 Å². The molecule has 0 amide bonds. The summed E-state index contributed by atoms with van der Waals surface area (Å²) in [5.74, 6) is 1.50. The van der Waals surface area contributed by atoms with Crippen molar-refractivity contribution in [2.45, 2.75) is 0 Å². The van der Waals surface area contributed by atoms with Crippen LogP contribution in [0.1, 0.15) is 0 Å². The average Bonchev–Trinajstić information content (AvgIpc) is 3.78. The third-order valence-electron chi connectivity index (χ3n) is 8.83. The Hall–Kier alpha value is -5.78. The number of fused-ring (bicyclic) bond motifs is 10. The Labute approximate surface area is 261 Å². The monoisotopic (exact) mass is 593 g/mol. The molecule has 0 saturated carbocycles. The molecule has 10 rings (SSSR count). The quantitative estimate of drug-likeness (QED) is 0.205. The predicted octanol–water partition coefficient (Wildman–Crippen LogP) is 11.2. The van der Waals surface area contributed by atoms with Gasteiger partial charge in [-0.05, 0) is 24.3 Å². The number of benzene rings is 6. The van der Waals surface area contributed by atoms with Gasteiger partial charge in [0.2, 0.25) is 0 Å². The van der Waals surface area contributed by atoms with Gasteiger partial charge in [-0.15, -0.1) is 11.3 Å². The molecule has 0 atom stereocenters. The number of hydrogen-bond acceptors (Lipinski definition) is 4. The highest BCUT2D eigenvalue weighted by Gasteiger charge is 2.21. The summed E-state index contributed by atoms with van der Waals surface area (Å²) in [6, 6.07) is 48.7. The van der Waals surface area contributed by atoms with Crippen molar-refractivity contribution in [1.82, 2.24) is 14.5 Å². The maximum Gasteiger partial charge on any atom is 0.162 e. The van der Waals surface area contributed by atoms with Gasteiger partial charge >= 0.3 is 0 Å². The first-order valence-electron chi connectivity index (χ1n) is 15.0. The molecule has 0 spiro atoms. The zero-order valence-corrected chi connectivity index (χ0v) is 24.8. The molecule has 0 unspecified atom stereocenters. The Bertz CT molecular complexity index is 2770. The molecule has 0 fully saturated rings. The van der Waals surface area contributed by atoms with Gasteiger partial charge in [0.15, 0.2) is 5.82 Å². The van der Waals surface area contributed by atoms with E-state index in [0.717, 1.165) is 50.1 Å². The molecule has 5 heteroatoms. The van der Waals surface area contributed by atoms with Crippen LogP contribution < -0.4 is 0 Å². The zero-order valence-electron chi connectivity index (χ0n) is 23.9. The largest absolute Gasteiger partial charge is 0.456 e. The molecular formula is C40H23N3OS. The first-order valence-corrected chi connectivity index (χ1v) is 15.8. The zero-order chi connectivity index (χ0) is 29.5. The normalized spacial score (nSPS) is 12.0. The fourth-order valence-electron chi connectivity index (χ4n) is 6.86. The maximum absolute atomic E-state index is 6.26. The summed E-state index contributed by atoms with van der Waals surface area (Å²) in [6.45, 7) is 0. The summed E-state index contributed by atoms with van der Waals surface area (Å²) in [4.78, 5) is 10.6. The molecule has 0 aliphatic heterocycles. The summed E-state index contributed by atoms with van der Waals surface area (Å²) < 4.78 is 11.1. The van der Waals surface area contributed by atoms with E-state index in [0.29, 0.717) is 5.82 Å². The number of para-hydroxylation sites is 2. The van der Waals surface area contributed by atoms with Crippen LogP contribution in [0.15, 0.2) is 144 Å². The van der Waals surface area contributed by atoms with Crippen molar-refractivity contribution in [1.29, 1.82) is 0 Å². The van der Waals surface area contributed by atoms with Crippen LogP contribution in [-0.4, -0.2) is 14.5 Å². The summed E-state index contributed by atoms with van der Waals surface area (Å²) in [7, 11) is 0. The molecule has 4 nitrogen and oxygen atoms in total. The van der Waals surface area contributed by atoms with E-state index in [1.54, 1.807) is 0 Å². The Morgan fingerprint density at radius 2 is 1.29 bits per heavy atom. The van der Waals surface area contributed by atoms with Gasteiger partial charge in [-0.2, -0.15) is 0 Å². The highest BCUT2D eigenvalue weighted by Crippen LogP contribution is 2.43. The van der Waals surface area contributed by atoms with Gasteiger partial charge in [-0.1, -0.05) is 109 Å². The molecule has 0 radical (unpaired) electrons. The second-order valence-corrected chi connectivity index (χ2v) is 12.4. The van der Waals surface area contributed by atoms with Crippen LogP contribution in [0.4, 0.5) is 0 Å². The van der Waals surface area contributed by atoms with Gasteiger partial charge in [0.1, 0.15) is 17.0 Å². The first kappa shape index (κ1) is 24.6. The summed E-state index contributed by atoms with van der Waals surface area (Å²) in [5, 5.41) is 7.05. The van der Waals surface area contributed by atoms with Gasteiger partial charge in [0, 0.05) is 54.2 Å². The molecule has 0 bridgehead atoms. The molecule has 10 aromatic rings. The van der Waals surface area contributed by atoms with Crippen molar-refractivity contribution in [3.8, 4) is 28.5 Å². The highest BCUT2D eigenvalue weighted by molar-refractivity contribution is 7.26. The number of hydrogen-bond donors (Lipinski definition) is 0. The van der Waals surface area contributed by atoms with E-state index in [1.165, 1.54) is 36.5 Å². The number of rotatable bonds is 3. The molecule has 0 N–H and O–H groups in total. The maximum atomic E-state index is 6.26. The summed E-state index contributed by atoms with van der Waals surface area (Å²) >= 11 is 1.84. The van der Waals surface area contributed by atoms with Crippen LogP contribution in [0.5, 0.6) is 0 Å². The second kappa shape index (κ2) is 9.36. The molecule has 6 aromatic carbocycles. The smallest absolute Gasteiger partial charge is 0.162 e. The minimum Gasteiger partial charge on any atom is -0.456 e. The van der Waals surface area contributed by atoms with E-state index in [-0.39, 0.29) is 0 Å². The van der Waals surface area contributed by atoms with E-state index < -0.39 is 0 Å². The molecule has 45 heavy (non-hydrogen) atoms. The van der Waals surface area contributed by atoms with Crippen LogP contribution in [0, 0.1) is 0 Å². The number of aromatic nitrogens is 3. The number of thiophene rings is 1. The fourth-order valence-corrected chi connectivity index (χ4v) is 8.10. The lowest BCUT2D eigenvalue weighted by molar-refractivity contribution is 0.669. The summed E-state index contributed by atoms with van der Waals surface area (Å²) in [6.07, 6.45) is 0. The van der Waals surface area contributed by atoms with Crippen molar-refractivity contribution >= 4 is 75.3 Å². The van der Waals surface area contributed by atoms with Gasteiger partial charge in [-0.3, -0.25) is 4.57 Å². The van der Waals surface area contributed by atoms with Crippen molar-refractivity contribution in [3.63, 3.8) is 0 Å². The van der Waals surface area contributed by atoms with Gasteiger partial charge in [-0.25, -0.2) is 9.97 Å². The standard InChI is InChI=1S/C40H23N3OS/c1-2-11-24(12-3-1)31-23-36(42-40(41-31)30-16-10-19-34-37(30)29-15-5-8-18-33(29)44-34)43-32-17-7-4-13-25(32)27-21-22-28-26-14-6-9-20-35(26)45-39(28)38(27)43/h1-23H. The van der Waals surface area contributed by atoms with E-state index in [4.69, 9.17) is 14.4 Å². The van der Waals surface area contributed by atoms with Gasteiger partial charge in [0.05, 0.1) is 21.4 Å². The van der Waals surface area contributed by atoms with Gasteiger partial charge < -0.3 is 4.42 Å². The number of nitrogens with zero attached hydrogens (tertiary/aromatic N) is 3. The minimum atomic E-state index is 0.665. The minimum absolute atomic E-state index is 0.665. The SMILES string of the molecule is c1ccc(-c2cc(-n3c4ccccc4c4ccc5c6ccccc6sc5c43)nc(-c3cccc4oc5ccccc5c34)n2)cc1. The highest BCUT2D eigenvalue weighted by atomic mass is 32.1.